The van der Waals surface area contributed by atoms with Crippen LogP contribution < -0.4 is 43.8 Å². The van der Waals surface area contributed by atoms with E-state index in [0.717, 1.165) is 5.56 Å². The molecule has 1 aromatic carbocycles. The van der Waals surface area contributed by atoms with Crippen molar-refractivity contribution in [3.8, 4) is 0 Å². The average Bonchev–Trinajstić information content (AvgIpc) is 3.07. The van der Waals surface area contributed by atoms with Gasteiger partial charge in [0.25, 0.3) is 0 Å². The Morgan fingerprint density at radius 1 is 0.800 bits per heavy atom. The monoisotopic (exact) mass is 700 g/mol. The van der Waals surface area contributed by atoms with Gasteiger partial charge >= 0.3 is 5.97 Å². The lowest BCUT2D eigenvalue weighted by Crippen LogP contribution is -2.59. The van der Waals surface area contributed by atoms with Gasteiger partial charge in [0.05, 0.1) is 6.04 Å². The molecule has 1 aliphatic rings. The van der Waals surface area contributed by atoms with Crippen molar-refractivity contribution in [1.82, 2.24) is 26.6 Å². The molecule has 0 radical (unpaired) electrons. The third-order valence-electron chi connectivity index (χ3n) is 8.30. The Balaban J connectivity index is 2.41. The van der Waals surface area contributed by atoms with Crippen molar-refractivity contribution in [2.45, 2.75) is 114 Å². The van der Waals surface area contributed by atoms with Crippen molar-refractivity contribution in [3.63, 3.8) is 0 Å². The van der Waals surface area contributed by atoms with Crippen molar-refractivity contribution in [3.05, 3.63) is 48.0 Å². The van der Waals surface area contributed by atoms with E-state index in [2.05, 4.69) is 26.6 Å². The lowest BCUT2D eigenvalue weighted by molar-refractivity contribution is -0.142. The van der Waals surface area contributed by atoms with Crippen molar-refractivity contribution >= 4 is 35.5 Å². The average molecular weight is 701 g/mol. The number of carboxylic acid groups (broad SMARTS) is 1. The zero-order chi connectivity index (χ0) is 37.1. The Hall–Kier alpha value is -4.34. The smallest absolute Gasteiger partial charge is 0.326 e. The van der Waals surface area contributed by atoms with Gasteiger partial charge in [-0.3, -0.25) is 24.0 Å². The summed E-state index contributed by atoms with van der Waals surface area (Å²) in [6.07, 6.45) is 6.30. The summed E-state index contributed by atoms with van der Waals surface area (Å²) in [6.45, 7) is 4.45. The second-order valence-electron chi connectivity index (χ2n) is 13.1. The number of aliphatic carboxylic acids is 1. The summed E-state index contributed by atoms with van der Waals surface area (Å²) in [5, 5.41) is 23.2. The number of hydrogen-bond donors (Lipinski definition) is 9. The molecule has 2 rings (SSSR count). The Morgan fingerprint density at radius 2 is 1.36 bits per heavy atom. The van der Waals surface area contributed by atoms with E-state index < -0.39 is 71.8 Å². The Labute approximate surface area is 294 Å². The minimum absolute atomic E-state index is 0.0241. The van der Waals surface area contributed by atoms with Gasteiger partial charge in [0.15, 0.2) is 0 Å². The molecule has 0 aromatic heterocycles. The molecule has 6 atom stereocenters. The third-order valence-corrected chi connectivity index (χ3v) is 8.30. The number of carbonyl (C=O) groups is 6. The second kappa shape index (κ2) is 22.4. The maximum Gasteiger partial charge on any atom is 0.326 e. The quantitative estimate of drug-likeness (QED) is 0.0758. The lowest BCUT2D eigenvalue weighted by atomic mass is 10.0. The predicted octanol–water partition coefficient (Wildman–Crippen LogP) is -0.281. The number of carbonyl (C=O) groups excluding carboxylic acids is 5. The summed E-state index contributed by atoms with van der Waals surface area (Å²) < 4.78 is 0. The Morgan fingerprint density at radius 3 is 1.92 bits per heavy atom. The van der Waals surface area contributed by atoms with Gasteiger partial charge in [0.1, 0.15) is 30.2 Å². The highest BCUT2D eigenvalue weighted by atomic mass is 16.4. The highest BCUT2D eigenvalue weighted by Crippen LogP contribution is 2.11. The fourth-order valence-electron chi connectivity index (χ4n) is 5.46. The standard InChI is InChI=1S/C35H56N8O7/c1-22(2)20-29(35(49)50)43-34(48)28(21-23-12-4-3-5-13-23)42-33(47)26-15-7-6-14-24(38)30(44)39-25(16-8-10-18-36)31(45)41-27(32(46)40-26)17-9-11-19-37/h3-7,12-13,22,24-29H,8-11,14-21,36-38H2,1-2H3,(H,39,44)(H,40,46)(H,41,45)(H,42,47)(H,43,48)(H,49,50)/b7-6+/t24-,25-,26-,27-,28-,29-/m0/s1. The molecule has 5 amide bonds. The van der Waals surface area contributed by atoms with Crippen LogP contribution in [0.3, 0.4) is 0 Å². The SMILES string of the molecule is CC(C)C[C@H](NC(=O)[C@H](Cc1ccccc1)NC(=O)[C@@H]1C/C=C/C[C@H](N)C(=O)N[C@@H](CCCCN)C(=O)N[C@@H](CCCCN)C(=O)N1)C(=O)O. The van der Waals surface area contributed by atoms with Crippen LogP contribution in [-0.2, 0) is 35.2 Å². The molecular weight excluding hydrogens is 644 g/mol. The largest absolute Gasteiger partial charge is 0.480 e. The van der Waals surface area contributed by atoms with E-state index in [0.29, 0.717) is 38.8 Å². The summed E-state index contributed by atoms with van der Waals surface area (Å²) in [5.74, 6) is -4.35. The van der Waals surface area contributed by atoms with E-state index in [9.17, 15) is 33.9 Å². The third kappa shape index (κ3) is 15.0. The van der Waals surface area contributed by atoms with Crippen LogP contribution >= 0.6 is 0 Å². The summed E-state index contributed by atoms with van der Waals surface area (Å²) >= 11 is 0. The Kier molecular flexibility index (Phi) is 18.7. The summed E-state index contributed by atoms with van der Waals surface area (Å²) in [5.41, 5.74) is 18.1. The van der Waals surface area contributed by atoms with Gasteiger partial charge in [-0.05, 0) is 82.4 Å². The number of benzene rings is 1. The zero-order valence-electron chi connectivity index (χ0n) is 29.2. The number of unbranched alkanes of at least 4 members (excludes halogenated alkanes) is 2. The molecule has 0 bridgehead atoms. The molecule has 1 heterocycles. The molecular formula is C35H56N8O7. The van der Waals surface area contributed by atoms with Gasteiger partial charge in [0, 0.05) is 6.42 Å². The summed E-state index contributed by atoms with van der Waals surface area (Å²) in [4.78, 5) is 79.4. The van der Waals surface area contributed by atoms with Crippen LogP contribution in [0.25, 0.3) is 0 Å². The number of nitrogens with two attached hydrogens (primary N) is 3. The van der Waals surface area contributed by atoms with E-state index in [1.54, 1.807) is 42.5 Å². The van der Waals surface area contributed by atoms with E-state index in [4.69, 9.17) is 17.2 Å². The first-order chi connectivity index (χ1) is 23.9. The molecule has 1 aliphatic heterocycles. The Bertz CT molecular complexity index is 1290. The highest BCUT2D eigenvalue weighted by molar-refractivity contribution is 5.96. The first kappa shape index (κ1) is 41.8. The molecule has 50 heavy (non-hydrogen) atoms. The van der Waals surface area contributed by atoms with Gasteiger partial charge in [-0.1, -0.05) is 56.3 Å². The van der Waals surface area contributed by atoms with Gasteiger partial charge in [-0.15, -0.1) is 0 Å². The molecule has 0 fully saturated rings. The molecule has 278 valence electrons. The summed E-state index contributed by atoms with van der Waals surface area (Å²) in [6, 6.07) is 2.36. The van der Waals surface area contributed by atoms with Crippen molar-refractivity contribution < 1.29 is 33.9 Å². The molecule has 0 unspecified atom stereocenters. The zero-order valence-corrected chi connectivity index (χ0v) is 29.2. The van der Waals surface area contributed by atoms with Crippen LogP contribution in [0.4, 0.5) is 0 Å². The van der Waals surface area contributed by atoms with E-state index in [1.165, 1.54) is 0 Å². The molecule has 12 N–H and O–H groups in total. The summed E-state index contributed by atoms with van der Waals surface area (Å²) in [7, 11) is 0. The minimum atomic E-state index is -1.20. The molecule has 0 spiro atoms. The van der Waals surface area contributed by atoms with Crippen LogP contribution in [0, 0.1) is 5.92 Å². The maximum absolute atomic E-state index is 13.9. The first-order valence-electron chi connectivity index (χ1n) is 17.5. The number of hydrogen-bond acceptors (Lipinski definition) is 9. The van der Waals surface area contributed by atoms with Gasteiger partial charge in [-0.2, -0.15) is 0 Å². The van der Waals surface area contributed by atoms with E-state index >= 15 is 0 Å². The second-order valence-corrected chi connectivity index (χ2v) is 13.1. The van der Waals surface area contributed by atoms with Gasteiger partial charge in [-0.25, -0.2) is 4.79 Å². The molecule has 0 saturated carbocycles. The highest BCUT2D eigenvalue weighted by Gasteiger charge is 2.33. The first-order valence-corrected chi connectivity index (χ1v) is 17.5. The fraction of sp³-hybridized carbons (Fsp3) is 0.600. The van der Waals surface area contributed by atoms with E-state index in [-0.39, 0.29) is 44.4 Å². The predicted molar refractivity (Wildman–Crippen MR) is 189 cm³/mol. The number of rotatable bonds is 17. The van der Waals surface area contributed by atoms with E-state index in [1.807, 2.05) is 13.8 Å². The van der Waals surface area contributed by atoms with Crippen LogP contribution in [0.2, 0.25) is 0 Å². The number of carboxylic acids is 1. The van der Waals surface area contributed by atoms with Crippen LogP contribution in [0.5, 0.6) is 0 Å². The molecule has 1 aromatic rings. The van der Waals surface area contributed by atoms with Crippen LogP contribution in [0.1, 0.15) is 77.2 Å². The van der Waals surface area contributed by atoms with Gasteiger partial charge < -0.3 is 48.9 Å². The lowest BCUT2D eigenvalue weighted by Gasteiger charge is -2.27. The van der Waals surface area contributed by atoms with Gasteiger partial charge in [0.2, 0.25) is 29.5 Å². The fourth-order valence-corrected chi connectivity index (χ4v) is 5.46. The van der Waals surface area contributed by atoms with Crippen LogP contribution in [0.15, 0.2) is 42.5 Å². The van der Waals surface area contributed by atoms with Crippen molar-refractivity contribution in [2.75, 3.05) is 13.1 Å². The minimum Gasteiger partial charge on any atom is -0.480 e. The normalized spacial score (nSPS) is 22.2. The molecule has 15 heteroatoms. The molecule has 15 nitrogen and oxygen atoms in total. The number of amides is 5. The molecule has 0 saturated heterocycles. The topological polar surface area (TPSA) is 261 Å². The van der Waals surface area contributed by atoms with Crippen molar-refractivity contribution in [2.24, 2.45) is 23.1 Å². The molecule has 0 aliphatic carbocycles. The van der Waals surface area contributed by atoms with Crippen LogP contribution in [-0.4, -0.2) is 90.0 Å². The van der Waals surface area contributed by atoms with Crippen molar-refractivity contribution in [1.29, 1.82) is 0 Å². The number of nitrogens with one attached hydrogen (secondary N) is 5. The maximum atomic E-state index is 13.9.